The van der Waals surface area contributed by atoms with E-state index >= 15 is 0 Å². The molecule has 1 spiro atoms. The van der Waals surface area contributed by atoms with Crippen LogP contribution in [-0.4, -0.2) is 63.3 Å². The number of ether oxygens (including phenoxy) is 2. The number of fused-ring (bicyclic) bond motifs is 2. The molecule has 2 heterocycles. The minimum Gasteiger partial charge on any atom is -0.497 e. The Balaban J connectivity index is 1.56. The van der Waals surface area contributed by atoms with Gasteiger partial charge in [0.2, 0.25) is 5.91 Å². The average molecular weight is 652 g/mol. The van der Waals surface area contributed by atoms with Crippen molar-refractivity contribution in [2.24, 2.45) is 5.92 Å². The number of aliphatic hydroxyl groups excluding tert-OH is 1. The van der Waals surface area contributed by atoms with Crippen molar-refractivity contribution in [1.29, 1.82) is 0 Å². The van der Waals surface area contributed by atoms with Crippen molar-refractivity contribution in [2.75, 3.05) is 32.2 Å². The quantitative estimate of drug-likeness (QED) is 0.328. The lowest BCUT2D eigenvalue weighted by atomic mass is 9.82. The van der Waals surface area contributed by atoms with Crippen LogP contribution in [0, 0.1) is 5.92 Å². The second-order valence-electron chi connectivity index (χ2n) is 11.9. The molecule has 1 N–H and O–H groups in total. The standard InChI is InChI=1S/C33H39BrN2O5Si/c1-22-31(42(4,5)26-14-12-25(40-3)13-15-26)29(20-30(38)36(17-18-37)21-23-9-7-6-8-10-23)41-33(22)27-19-24(34)11-16-28(27)35(2)32(33)39/h6-16,19,22,29,31,37H,17-18,20-21H2,1-5H3/t22-,29+,31-,33+/m0/s1. The van der Waals surface area contributed by atoms with Gasteiger partial charge in [0.25, 0.3) is 5.91 Å². The first-order valence-electron chi connectivity index (χ1n) is 14.4. The van der Waals surface area contributed by atoms with Gasteiger partial charge in [-0.3, -0.25) is 9.59 Å². The molecule has 3 aromatic carbocycles. The molecule has 9 heteroatoms. The van der Waals surface area contributed by atoms with Gasteiger partial charge in [0.15, 0.2) is 5.60 Å². The van der Waals surface area contributed by atoms with E-state index in [-0.39, 0.29) is 42.8 Å². The number of hydrogen-bond donors (Lipinski definition) is 1. The molecule has 42 heavy (non-hydrogen) atoms. The Morgan fingerprint density at radius 2 is 1.81 bits per heavy atom. The van der Waals surface area contributed by atoms with Crippen molar-refractivity contribution in [3.63, 3.8) is 0 Å². The number of halogens is 1. The maximum Gasteiger partial charge on any atom is 0.264 e. The smallest absolute Gasteiger partial charge is 0.264 e. The van der Waals surface area contributed by atoms with E-state index in [4.69, 9.17) is 9.47 Å². The van der Waals surface area contributed by atoms with Gasteiger partial charge in [-0.25, -0.2) is 0 Å². The number of likely N-dealkylation sites (N-methyl/N-ethyl adjacent to an activating group) is 1. The van der Waals surface area contributed by atoms with E-state index < -0.39 is 19.8 Å². The molecule has 0 unspecified atom stereocenters. The monoisotopic (exact) mass is 650 g/mol. The van der Waals surface area contributed by atoms with E-state index in [1.807, 2.05) is 60.7 Å². The molecule has 2 aliphatic heterocycles. The van der Waals surface area contributed by atoms with Gasteiger partial charge in [0, 0.05) is 36.1 Å². The number of carbonyl (C=O) groups excluding carboxylic acids is 2. The number of anilines is 1. The molecule has 2 amide bonds. The summed E-state index contributed by atoms with van der Waals surface area (Å²) in [7, 11) is 1.08. The van der Waals surface area contributed by atoms with Crippen LogP contribution in [0.5, 0.6) is 5.75 Å². The summed E-state index contributed by atoms with van der Waals surface area (Å²) < 4.78 is 13.3. The van der Waals surface area contributed by atoms with Crippen molar-refractivity contribution in [3.05, 3.63) is 88.4 Å². The number of carbonyl (C=O) groups is 2. The van der Waals surface area contributed by atoms with Crippen LogP contribution in [0.1, 0.15) is 24.5 Å². The van der Waals surface area contributed by atoms with Gasteiger partial charge in [-0.05, 0) is 41.4 Å². The second-order valence-corrected chi connectivity index (χ2v) is 17.5. The molecule has 0 aromatic heterocycles. The van der Waals surface area contributed by atoms with Crippen LogP contribution in [0.4, 0.5) is 5.69 Å². The fraction of sp³-hybridized carbons (Fsp3) is 0.394. The molecule has 0 radical (unpaired) electrons. The normalized spacial score (nSPS) is 23.4. The molecule has 222 valence electrons. The molecule has 2 aliphatic rings. The van der Waals surface area contributed by atoms with Gasteiger partial charge in [0.05, 0.1) is 40.0 Å². The van der Waals surface area contributed by atoms with Crippen LogP contribution in [0.3, 0.4) is 0 Å². The Kier molecular flexibility index (Phi) is 8.67. The second kappa shape index (κ2) is 12.0. The number of amides is 2. The Bertz CT molecular complexity index is 1450. The molecule has 1 saturated heterocycles. The number of rotatable bonds is 9. The van der Waals surface area contributed by atoms with E-state index in [2.05, 4.69) is 48.1 Å². The molecule has 4 atom stereocenters. The zero-order valence-corrected chi connectivity index (χ0v) is 27.4. The van der Waals surface area contributed by atoms with Gasteiger partial charge >= 0.3 is 0 Å². The number of aliphatic hydroxyl groups is 1. The molecule has 3 aromatic rings. The van der Waals surface area contributed by atoms with Gasteiger partial charge in [-0.15, -0.1) is 0 Å². The highest BCUT2D eigenvalue weighted by atomic mass is 79.9. The average Bonchev–Trinajstić information content (AvgIpc) is 3.39. The zero-order valence-electron chi connectivity index (χ0n) is 24.8. The predicted molar refractivity (Wildman–Crippen MR) is 171 cm³/mol. The topological polar surface area (TPSA) is 79.3 Å². The number of methoxy groups -OCH3 is 1. The molecule has 5 rings (SSSR count). The predicted octanol–water partition coefficient (Wildman–Crippen LogP) is 5.06. The third kappa shape index (κ3) is 5.21. The lowest BCUT2D eigenvalue weighted by Crippen LogP contribution is -2.52. The third-order valence-electron chi connectivity index (χ3n) is 9.24. The van der Waals surface area contributed by atoms with Crippen LogP contribution in [0.25, 0.3) is 0 Å². The fourth-order valence-electron chi connectivity index (χ4n) is 7.11. The minimum atomic E-state index is -2.37. The summed E-state index contributed by atoms with van der Waals surface area (Å²) in [6.45, 7) is 7.21. The Morgan fingerprint density at radius 1 is 1.12 bits per heavy atom. The van der Waals surface area contributed by atoms with Gasteiger partial charge < -0.3 is 24.4 Å². The summed E-state index contributed by atoms with van der Waals surface area (Å²) in [6.07, 6.45) is -0.369. The van der Waals surface area contributed by atoms with Crippen molar-refractivity contribution < 1.29 is 24.2 Å². The number of benzene rings is 3. The zero-order chi connectivity index (χ0) is 30.2. The molecule has 1 fully saturated rings. The highest BCUT2D eigenvalue weighted by Gasteiger charge is 2.66. The molecule has 0 saturated carbocycles. The number of hydrogen-bond acceptors (Lipinski definition) is 5. The minimum absolute atomic E-state index is 0.0511. The van der Waals surface area contributed by atoms with Gasteiger partial charge in [0.1, 0.15) is 5.75 Å². The van der Waals surface area contributed by atoms with E-state index in [0.717, 1.165) is 27.0 Å². The van der Waals surface area contributed by atoms with E-state index in [1.165, 1.54) is 5.19 Å². The van der Waals surface area contributed by atoms with Crippen LogP contribution < -0.4 is 14.8 Å². The van der Waals surface area contributed by atoms with Crippen molar-refractivity contribution >= 4 is 46.7 Å². The van der Waals surface area contributed by atoms with E-state index in [1.54, 1.807) is 24.0 Å². The Labute approximate surface area is 257 Å². The first-order valence-corrected chi connectivity index (χ1v) is 18.2. The van der Waals surface area contributed by atoms with Crippen LogP contribution in [0.15, 0.2) is 77.3 Å². The Hall–Kier alpha value is -2.98. The van der Waals surface area contributed by atoms with Crippen LogP contribution >= 0.6 is 15.9 Å². The highest BCUT2D eigenvalue weighted by molar-refractivity contribution is 9.10. The number of nitrogens with zero attached hydrogens (tertiary/aromatic N) is 2. The summed E-state index contributed by atoms with van der Waals surface area (Å²) in [5.41, 5.74) is 1.42. The van der Waals surface area contributed by atoms with Crippen LogP contribution in [-0.2, 0) is 26.5 Å². The van der Waals surface area contributed by atoms with Crippen LogP contribution in [0.2, 0.25) is 18.6 Å². The van der Waals surface area contributed by atoms with Crippen molar-refractivity contribution in [1.82, 2.24) is 4.90 Å². The van der Waals surface area contributed by atoms with Crippen molar-refractivity contribution in [3.8, 4) is 5.75 Å². The molecule has 0 aliphatic carbocycles. The maximum atomic E-state index is 14.2. The van der Waals surface area contributed by atoms with Crippen molar-refractivity contribution in [2.45, 2.75) is 50.2 Å². The summed E-state index contributed by atoms with van der Waals surface area (Å²) in [5, 5.41) is 11.0. The summed E-state index contributed by atoms with van der Waals surface area (Å²) in [4.78, 5) is 31.5. The molecule has 0 bridgehead atoms. The van der Waals surface area contributed by atoms with Gasteiger partial charge in [-0.2, -0.15) is 0 Å². The lowest BCUT2D eigenvalue weighted by Gasteiger charge is -2.37. The Morgan fingerprint density at radius 3 is 2.45 bits per heavy atom. The summed E-state index contributed by atoms with van der Waals surface area (Å²) >= 11 is 3.61. The SMILES string of the molecule is COc1ccc([Si](C)(C)[C@@H]2[C@@H](CC(=O)N(CCO)Cc3ccccc3)O[C@]3(C(=O)N(C)c4ccc(Br)cc43)[C@H]2C)cc1. The maximum absolute atomic E-state index is 14.2. The first kappa shape index (κ1) is 30.5. The molecular weight excluding hydrogens is 612 g/mol. The molecule has 7 nitrogen and oxygen atoms in total. The van der Waals surface area contributed by atoms with E-state index in [0.29, 0.717) is 6.54 Å². The highest BCUT2D eigenvalue weighted by Crippen LogP contribution is 2.60. The first-order chi connectivity index (χ1) is 20.0. The lowest BCUT2D eigenvalue weighted by molar-refractivity contribution is -0.149. The largest absolute Gasteiger partial charge is 0.497 e. The summed E-state index contributed by atoms with van der Waals surface area (Å²) in [6, 6.07) is 23.8. The molecular formula is C33H39BrN2O5Si. The fourth-order valence-corrected chi connectivity index (χ4v) is 11.5. The summed E-state index contributed by atoms with van der Waals surface area (Å²) in [5.74, 6) is 0.401. The third-order valence-corrected chi connectivity index (χ3v) is 14.1. The van der Waals surface area contributed by atoms with Gasteiger partial charge in [-0.1, -0.05) is 83.6 Å². The van der Waals surface area contributed by atoms with E-state index in [9.17, 15) is 14.7 Å².